The van der Waals surface area contributed by atoms with Crippen LogP contribution in [0.25, 0.3) is 11.4 Å². The van der Waals surface area contributed by atoms with Gasteiger partial charge in [-0.15, -0.1) is 0 Å². The van der Waals surface area contributed by atoms with Gasteiger partial charge in [0.1, 0.15) is 0 Å². The molecule has 0 saturated carbocycles. The van der Waals surface area contributed by atoms with Crippen molar-refractivity contribution in [2.75, 3.05) is 26.2 Å². The minimum Gasteiger partial charge on any atom is -0.337 e. The largest absolute Gasteiger partial charge is 0.337 e. The summed E-state index contributed by atoms with van der Waals surface area (Å²) in [5.74, 6) is 1.25. The molecular formula is C24H26ClN5O2. The van der Waals surface area contributed by atoms with Crippen molar-refractivity contribution >= 4 is 17.5 Å². The molecule has 1 unspecified atom stereocenters. The van der Waals surface area contributed by atoms with Crippen LogP contribution >= 0.6 is 11.6 Å². The number of halogens is 1. The summed E-state index contributed by atoms with van der Waals surface area (Å²) in [4.78, 5) is 21.9. The number of fused-ring (bicyclic) bond motifs is 1. The molecule has 166 valence electrons. The van der Waals surface area contributed by atoms with E-state index in [9.17, 15) is 4.79 Å². The van der Waals surface area contributed by atoms with Crippen molar-refractivity contribution < 1.29 is 9.32 Å². The number of carbonyl (C=O) groups is 1. The number of piperazine rings is 1. The molecule has 1 aromatic heterocycles. The number of nitrogens with one attached hydrogen (secondary N) is 1. The third-order valence-electron chi connectivity index (χ3n) is 6.32. The fourth-order valence-corrected chi connectivity index (χ4v) is 4.67. The first kappa shape index (κ1) is 21.1. The molecule has 1 saturated heterocycles. The van der Waals surface area contributed by atoms with Crippen LogP contribution in [0.4, 0.5) is 0 Å². The van der Waals surface area contributed by atoms with Gasteiger partial charge in [-0.05, 0) is 54.8 Å². The third-order valence-corrected chi connectivity index (χ3v) is 6.57. The van der Waals surface area contributed by atoms with E-state index in [0.29, 0.717) is 29.8 Å². The summed E-state index contributed by atoms with van der Waals surface area (Å²) in [6, 6.07) is 11.7. The Morgan fingerprint density at radius 3 is 2.69 bits per heavy atom. The van der Waals surface area contributed by atoms with Crippen LogP contribution < -0.4 is 5.32 Å². The van der Waals surface area contributed by atoms with Crippen molar-refractivity contribution in [3.8, 4) is 11.4 Å². The number of aryl methyl sites for hydroxylation is 1. The lowest BCUT2D eigenvalue weighted by Crippen LogP contribution is -2.44. The van der Waals surface area contributed by atoms with Crippen LogP contribution in [-0.2, 0) is 13.1 Å². The Morgan fingerprint density at radius 1 is 1.19 bits per heavy atom. The van der Waals surface area contributed by atoms with Crippen LogP contribution in [0.1, 0.15) is 45.9 Å². The molecular weight excluding hydrogens is 426 g/mol. The van der Waals surface area contributed by atoms with Gasteiger partial charge >= 0.3 is 0 Å². The molecule has 3 aromatic rings. The summed E-state index contributed by atoms with van der Waals surface area (Å²) in [5.41, 5.74) is 4.65. The molecule has 8 heteroatoms. The quantitative estimate of drug-likeness (QED) is 0.635. The number of hydrogen-bond donors (Lipinski definition) is 1. The molecule has 3 heterocycles. The van der Waals surface area contributed by atoms with Gasteiger partial charge < -0.3 is 14.7 Å². The first-order valence-electron chi connectivity index (χ1n) is 11.0. The van der Waals surface area contributed by atoms with E-state index in [1.807, 2.05) is 48.2 Å². The van der Waals surface area contributed by atoms with E-state index in [-0.39, 0.29) is 11.9 Å². The molecule has 32 heavy (non-hydrogen) atoms. The van der Waals surface area contributed by atoms with Crippen LogP contribution in [0.2, 0.25) is 5.02 Å². The molecule has 1 N–H and O–H groups in total. The van der Waals surface area contributed by atoms with Gasteiger partial charge in [0.25, 0.3) is 5.91 Å². The van der Waals surface area contributed by atoms with E-state index in [4.69, 9.17) is 16.1 Å². The second kappa shape index (κ2) is 8.65. The van der Waals surface area contributed by atoms with Gasteiger partial charge in [-0.2, -0.15) is 4.98 Å². The van der Waals surface area contributed by atoms with Crippen LogP contribution in [0.5, 0.6) is 0 Å². The zero-order valence-corrected chi connectivity index (χ0v) is 19.0. The Hall–Kier alpha value is -2.74. The second-order valence-corrected chi connectivity index (χ2v) is 8.97. The van der Waals surface area contributed by atoms with Gasteiger partial charge in [-0.1, -0.05) is 28.9 Å². The lowest BCUT2D eigenvalue weighted by atomic mass is 10.00. The maximum Gasteiger partial charge on any atom is 0.255 e. The molecule has 2 aliphatic rings. The number of aromatic nitrogens is 2. The van der Waals surface area contributed by atoms with E-state index in [1.54, 1.807) is 0 Å². The maximum atomic E-state index is 13.0. The summed E-state index contributed by atoms with van der Waals surface area (Å²) in [7, 11) is 0. The minimum absolute atomic E-state index is 0.0557. The Bertz CT molecular complexity index is 1140. The Balaban J connectivity index is 1.36. The summed E-state index contributed by atoms with van der Waals surface area (Å²) in [5, 5.41) is 8.30. The number of amides is 1. The Morgan fingerprint density at radius 2 is 1.94 bits per heavy atom. The highest BCUT2D eigenvalue weighted by Crippen LogP contribution is 2.32. The highest BCUT2D eigenvalue weighted by Gasteiger charge is 2.30. The smallest absolute Gasteiger partial charge is 0.255 e. The number of rotatable bonds is 5. The predicted octanol–water partition coefficient (Wildman–Crippen LogP) is 3.82. The molecule has 1 amide bonds. The standard InChI is InChI=1S/C24H26ClN5O2/c1-15-11-18(22-27-23(32-28-22)16(2)29-9-7-26-8-10-29)12-19-14-30(24(31)21(15)19)13-17-3-5-20(25)6-4-17/h3-6,11-12,16,26H,7-10,13-14H2,1-2H3. The van der Waals surface area contributed by atoms with Gasteiger partial charge in [0.15, 0.2) is 0 Å². The molecule has 0 bridgehead atoms. The summed E-state index contributed by atoms with van der Waals surface area (Å²) >= 11 is 5.99. The van der Waals surface area contributed by atoms with Crippen molar-refractivity contribution in [1.82, 2.24) is 25.3 Å². The number of benzene rings is 2. The molecule has 5 rings (SSSR count). The summed E-state index contributed by atoms with van der Waals surface area (Å²) in [6.07, 6.45) is 0. The first-order chi connectivity index (χ1) is 15.5. The van der Waals surface area contributed by atoms with Gasteiger partial charge in [0.2, 0.25) is 11.7 Å². The van der Waals surface area contributed by atoms with Crippen molar-refractivity contribution in [3.05, 3.63) is 69.6 Å². The molecule has 2 aliphatic heterocycles. The van der Waals surface area contributed by atoms with Crippen molar-refractivity contribution in [1.29, 1.82) is 0 Å². The van der Waals surface area contributed by atoms with E-state index >= 15 is 0 Å². The minimum atomic E-state index is 0.0557. The Labute approximate surface area is 192 Å². The predicted molar refractivity (Wildman–Crippen MR) is 122 cm³/mol. The lowest BCUT2D eigenvalue weighted by molar-refractivity contribution is 0.0766. The van der Waals surface area contributed by atoms with E-state index in [1.165, 1.54) is 0 Å². The zero-order valence-electron chi connectivity index (χ0n) is 18.3. The first-order valence-corrected chi connectivity index (χ1v) is 11.3. The normalized spacial score (nSPS) is 17.6. The maximum absolute atomic E-state index is 13.0. The molecule has 1 atom stereocenters. The molecule has 2 aromatic carbocycles. The van der Waals surface area contributed by atoms with Crippen molar-refractivity contribution in [2.45, 2.75) is 33.0 Å². The summed E-state index contributed by atoms with van der Waals surface area (Å²) < 4.78 is 5.61. The highest BCUT2D eigenvalue weighted by atomic mass is 35.5. The summed E-state index contributed by atoms with van der Waals surface area (Å²) in [6.45, 7) is 9.04. The Kier molecular flexibility index (Phi) is 5.71. The van der Waals surface area contributed by atoms with Gasteiger partial charge in [-0.25, -0.2) is 0 Å². The lowest BCUT2D eigenvalue weighted by Gasteiger charge is -2.30. The molecule has 1 fully saturated rings. The van der Waals surface area contributed by atoms with Crippen LogP contribution in [0, 0.1) is 6.92 Å². The molecule has 0 aliphatic carbocycles. The zero-order chi connectivity index (χ0) is 22.2. The van der Waals surface area contributed by atoms with Crippen LogP contribution in [-0.4, -0.2) is 52.0 Å². The SMILES string of the molecule is Cc1cc(-c2noc(C(C)N3CCNCC3)n2)cc2c1C(=O)N(Cc1ccc(Cl)cc1)C2. The molecule has 7 nitrogen and oxygen atoms in total. The fourth-order valence-electron chi connectivity index (χ4n) is 4.54. The topological polar surface area (TPSA) is 74.5 Å². The van der Waals surface area contributed by atoms with Gasteiger partial charge in [0.05, 0.1) is 6.04 Å². The average molecular weight is 452 g/mol. The van der Waals surface area contributed by atoms with E-state index in [0.717, 1.165) is 54.0 Å². The highest BCUT2D eigenvalue weighted by molar-refractivity contribution is 6.30. The van der Waals surface area contributed by atoms with Crippen LogP contribution in [0.15, 0.2) is 40.9 Å². The van der Waals surface area contributed by atoms with Crippen LogP contribution in [0.3, 0.4) is 0 Å². The van der Waals surface area contributed by atoms with Gasteiger partial charge in [-0.3, -0.25) is 9.69 Å². The van der Waals surface area contributed by atoms with E-state index in [2.05, 4.69) is 27.3 Å². The van der Waals surface area contributed by atoms with Crippen molar-refractivity contribution in [3.63, 3.8) is 0 Å². The number of hydrogen-bond acceptors (Lipinski definition) is 6. The van der Waals surface area contributed by atoms with Gasteiger partial charge in [0, 0.05) is 55.4 Å². The monoisotopic (exact) mass is 451 g/mol. The van der Waals surface area contributed by atoms with Crippen molar-refractivity contribution in [2.24, 2.45) is 0 Å². The third kappa shape index (κ3) is 4.03. The second-order valence-electron chi connectivity index (χ2n) is 8.53. The molecule has 0 radical (unpaired) electrons. The molecule has 0 spiro atoms. The average Bonchev–Trinajstić information content (AvgIpc) is 3.41. The number of carbonyl (C=O) groups excluding carboxylic acids is 1. The fraction of sp³-hybridized carbons (Fsp3) is 0.375. The number of nitrogens with zero attached hydrogens (tertiary/aromatic N) is 4. The van der Waals surface area contributed by atoms with E-state index < -0.39 is 0 Å².